The van der Waals surface area contributed by atoms with Crippen LogP contribution in [0.2, 0.25) is 0 Å². The van der Waals surface area contributed by atoms with E-state index < -0.39 is 97.5 Å². The Bertz CT molecular complexity index is 1770. The van der Waals surface area contributed by atoms with Gasteiger partial charge in [0.05, 0.1) is 26.4 Å². The number of aliphatic hydroxyl groups excluding tert-OH is 1. The van der Waals surface area contributed by atoms with E-state index in [0.717, 1.165) is 109 Å². The zero-order chi connectivity index (χ0) is 67.7. The molecule has 0 spiro atoms. The van der Waals surface area contributed by atoms with Crippen molar-refractivity contribution in [2.24, 2.45) is 5.92 Å². The molecule has 3 N–H and O–H groups in total. The highest BCUT2D eigenvalue weighted by molar-refractivity contribution is 7.47. The third kappa shape index (κ3) is 66.7. The van der Waals surface area contributed by atoms with Crippen molar-refractivity contribution in [1.82, 2.24) is 0 Å². The van der Waals surface area contributed by atoms with Gasteiger partial charge in [0.1, 0.15) is 19.3 Å². The summed E-state index contributed by atoms with van der Waals surface area (Å²) < 4.78 is 68.2. The van der Waals surface area contributed by atoms with E-state index in [-0.39, 0.29) is 25.7 Å². The number of phosphoric acid groups is 2. The van der Waals surface area contributed by atoms with Crippen molar-refractivity contribution < 1.29 is 80.2 Å². The Labute approximate surface area is 562 Å². The largest absolute Gasteiger partial charge is 0.472 e. The summed E-state index contributed by atoms with van der Waals surface area (Å²) in [5, 5.41) is 10.6. The van der Waals surface area contributed by atoms with E-state index in [1.165, 1.54) is 193 Å². The Morgan fingerprint density at radius 1 is 0.293 bits per heavy atom. The van der Waals surface area contributed by atoms with Crippen LogP contribution in [0.3, 0.4) is 0 Å². The maximum Gasteiger partial charge on any atom is 0.472 e. The Morgan fingerprint density at radius 3 is 0.739 bits per heavy atom. The zero-order valence-corrected chi connectivity index (χ0v) is 61.5. The van der Waals surface area contributed by atoms with Crippen LogP contribution in [0.25, 0.3) is 0 Å². The molecule has 0 saturated heterocycles. The van der Waals surface area contributed by atoms with Crippen LogP contribution in [0.4, 0.5) is 0 Å². The lowest BCUT2D eigenvalue weighted by Crippen LogP contribution is -2.30. The van der Waals surface area contributed by atoms with E-state index in [0.29, 0.717) is 25.7 Å². The van der Waals surface area contributed by atoms with E-state index in [2.05, 4.69) is 34.6 Å². The summed E-state index contributed by atoms with van der Waals surface area (Å²) in [7, 11) is -9.90. The first-order chi connectivity index (χ1) is 44.5. The molecule has 0 fully saturated rings. The van der Waals surface area contributed by atoms with E-state index in [9.17, 15) is 43.2 Å². The number of carbonyl (C=O) groups excluding carboxylic acids is 4. The number of hydrogen-bond donors (Lipinski definition) is 3. The standard InChI is InChI=1S/C73H142O17P2/c1-6-9-12-15-18-20-22-23-24-25-26-27-28-29-30-31-32-34-38-44-49-54-59-73(78)90-69(63-84-71(76)57-52-47-42-39-35-36-41-45-50-55-66(4)5)65-88-92(81,82)86-61-67(74)60-85-91(79,80)87-64-68(62-83-70(75)56-51-46-40-17-14-11-8-3)89-72(77)58-53-48-43-37-33-21-19-16-13-10-7-2/h66-69,74H,6-65H2,1-5H3,(H,79,80)(H,81,82)/t67-,68+,69+/m0/s1. The van der Waals surface area contributed by atoms with E-state index >= 15 is 0 Å². The lowest BCUT2D eigenvalue weighted by Gasteiger charge is -2.21. The van der Waals surface area contributed by atoms with Crippen LogP contribution < -0.4 is 0 Å². The molecule has 0 aromatic rings. The summed E-state index contributed by atoms with van der Waals surface area (Å²) in [5.74, 6) is -1.38. The van der Waals surface area contributed by atoms with Crippen LogP contribution in [-0.2, 0) is 65.4 Å². The summed E-state index contributed by atoms with van der Waals surface area (Å²) in [5.41, 5.74) is 0. The van der Waals surface area contributed by atoms with Gasteiger partial charge in [-0.2, -0.15) is 0 Å². The number of hydrogen-bond acceptors (Lipinski definition) is 15. The molecule has 0 radical (unpaired) electrons. The van der Waals surface area contributed by atoms with Gasteiger partial charge in [-0.25, -0.2) is 9.13 Å². The van der Waals surface area contributed by atoms with Crippen LogP contribution in [0.5, 0.6) is 0 Å². The van der Waals surface area contributed by atoms with Gasteiger partial charge in [0.2, 0.25) is 0 Å². The predicted octanol–water partition coefficient (Wildman–Crippen LogP) is 21.3. The van der Waals surface area contributed by atoms with Crippen LogP contribution in [0.1, 0.15) is 381 Å². The number of ether oxygens (including phenoxy) is 4. The number of carbonyl (C=O) groups is 4. The van der Waals surface area contributed by atoms with Crippen molar-refractivity contribution >= 4 is 39.5 Å². The maximum atomic E-state index is 13.0. The van der Waals surface area contributed by atoms with Gasteiger partial charge in [-0.05, 0) is 31.6 Å². The highest BCUT2D eigenvalue weighted by Crippen LogP contribution is 2.45. The summed E-state index contributed by atoms with van der Waals surface area (Å²) >= 11 is 0. The number of unbranched alkanes of at least 4 members (excludes halogenated alkanes) is 45. The van der Waals surface area contributed by atoms with Gasteiger partial charge in [0, 0.05) is 25.7 Å². The Balaban J connectivity index is 5.12. The van der Waals surface area contributed by atoms with Crippen molar-refractivity contribution in [3.8, 4) is 0 Å². The smallest absolute Gasteiger partial charge is 0.462 e. The second-order valence-corrected chi connectivity index (χ2v) is 29.7. The molecule has 5 atom stereocenters. The first kappa shape index (κ1) is 90.1. The topological polar surface area (TPSA) is 237 Å². The highest BCUT2D eigenvalue weighted by Gasteiger charge is 2.30. The average Bonchev–Trinajstić information content (AvgIpc) is 1.55. The fourth-order valence-electron chi connectivity index (χ4n) is 11.2. The quantitative estimate of drug-likeness (QED) is 0.0222. The number of phosphoric ester groups is 2. The van der Waals surface area contributed by atoms with Crippen LogP contribution >= 0.6 is 15.6 Å². The predicted molar refractivity (Wildman–Crippen MR) is 372 cm³/mol. The van der Waals surface area contributed by atoms with Gasteiger partial charge in [-0.1, -0.05) is 330 Å². The van der Waals surface area contributed by atoms with Crippen LogP contribution in [0, 0.1) is 5.92 Å². The van der Waals surface area contributed by atoms with Crippen LogP contribution in [-0.4, -0.2) is 96.7 Å². The zero-order valence-electron chi connectivity index (χ0n) is 59.7. The van der Waals surface area contributed by atoms with Gasteiger partial charge < -0.3 is 33.8 Å². The molecule has 19 heteroatoms. The minimum absolute atomic E-state index is 0.107. The Kier molecular flexibility index (Phi) is 64.9. The van der Waals surface area contributed by atoms with Gasteiger partial charge >= 0.3 is 39.5 Å². The number of aliphatic hydroxyl groups is 1. The first-order valence-electron chi connectivity index (χ1n) is 38.1. The maximum absolute atomic E-state index is 13.0. The molecule has 0 heterocycles. The number of esters is 4. The molecule has 2 unspecified atom stereocenters. The Morgan fingerprint density at radius 2 is 0.500 bits per heavy atom. The summed E-state index contributed by atoms with van der Waals surface area (Å²) in [4.78, 5) is 72.5. The van der Waals surface area contributed by atoms with Crippen molar-refractivity contribution in [2.45, 2.75) is 400 Å². The molecule has 0 saturated carbocycles. The lowest BCUT2D eigenvalue weighted by atomic mass is 10.0. The SMILES string of the molecule is CCCCCCCCCCCCCCCCCCCCCCCCC(=O)O[C@H](COC(=O)CCCCCCCCCCCC(C)C)COP(=O)(O)OC[C@@H](O)COP(=O)(O)OC[C@@H](COC(=O)CCCCCCCCC)OC(=O)CCCCCCCCCCCCC. The molecule has 17 nitrogen and oxygen atoms in total. The fourth-order valence-corrected chi connectivity index (χ4v) is 12.8. The number of rotatable bonds is 73. The van der Waals surface area contributed by atoms with Crippen molar-refractivity contribution in [1.29, 1.82) is 0 Å². The van der Waals surface area contributed by atoms with E-state index in [1.54, 1.807) is 0 Å². The second-order valence-electron chi connectivity index (χ2n) is 26.8. The minimum atomic E-state index is -4.95. The van der Waals surface area contributed by atoms with Crippen molar-refractivity contribution in [3.63, 3.8) is 0 Å². The molecule has 0 aliphatic heterocycles. The molecular weight excluding hydrogens is 1210 g/mol. The van der Waals surface area contributed by atoms with Crippen LogP contribution in [0.15, 0.2) is 0 Å². The second kappa shape index (κ2) is 66.3. The summed E-state index contributed by atoms with van der Waals surface area (Å²) in [6.45, 7) is 7.20. The molecule has 546 valence electrons. The third-order valence-electron chi connectivity index (χ3n) is 17.0. The normalized spacial score (nSPS) is 14.0. The lowest BCUT2D eigenvalue weighted by molar-refractivity contribution is -0.161. The van der Waals surface area contributed by atoms with Gasteiger partial charge in [0.15, 0.2) is 12.2 Å². The fraction of sp³-hybridized carbons (Fsp3) is 0.945. The summed E-state index contributed by atoms with van der Waals surface area (Å²) in [6, 6.07) is 0. The minimum Gasteiger partial charge on any atom is -0.462 e. The van der Waals surface area contributed by atoms with E-state index in [1.807, 2.05) is 0 Å². The molecule has 0 amide bonds. The first-order valence-corrected chi connectivity index (χ1v) is 41.1. The average molecular weight is 1350 g/mol. The molecule has 0 bridgehead atoms. The van der Waals surface area contributed by atoms with Crippen molar-refractivity contribution in [3.05, 3.63) is 0 Å². The Hall–Kier alpha value is -1.94. The third-order valence-corrected chi connectivity index (χ3v) is 18.9. The highest BCUT2D eigenvalue weighted by atomic mass is 31.2. The molecule has 92 heavy (non-hydrogen) atoms. The monoisotopic (exact) mass is 1350 g/mol. The van der Waals surface area contributed by atoms with Gasteiger partial charge in [0.25, 0.3) is 0 Å². The van der Waals surface area contributed by atoms with Gasteiger partial charge in [-0.15, -0.1) is 0 Å². The van der Waals surface area contributed by atoms with Crippen molar-refractivity contribution in [2.75, 3.05) is 39.6 Å². The molecule has 0 rings (SSSR count). The van der Waals surface area contributed by atoms with E-state index in [4.69, 9.17) is 37.0 Å². The summed E-state index contributed by atoms with van der Waals surface area (Å²) in [6.07, 6.45) is 54.4. The molecular formula is C73H142O17P2. The molecule has 0 aromatic carbocycles. The molecule has 0 aliphatic carbocycles. The molecule has 0 aliphatic rings. The molecule has 0 aromatic heterocycles. The van der Waals surface area contributed by atoms with Gasteiger partial charge in [-0.3, -0.25) is 37.3 Å².